The minimum atomic E-state index is 1.00. The van der Waals surface area contributed by atoms with Crippen molar-refractivity contribution in [3.8, 4) is 0 Å². The Hall–Kier alpha value is -2.08. The largest absolute Gasteiger partial charge is 0.0590 e. The molecular weight excluding hydrogens is 264 g/mol. The van der Waals surface area contributed by atoms with Gasteiger partial charge in [-0.15, -0.1) is 0 Å². The van der Waals surface area contributed by atoms with Crippen molar-refractivity contribution in [1.29, 1.82) is 0 Å². The number of rotatable bonds is 2. The second-order valence-corrected chi connectivity index (χ2v) is 6.62. The molecule has 0 bridgehead atoms. The van der Waals surface area contributed by atoms with Crippen LogP contribution < -0.4 is 0 Å². The van der Waals surface area contributed by atoms with E-state index in [-0.39, 0.29) is 0 Å². The Morgan fingerprint density at radius 1 is 0.636 bits per heavy atom. The van der Waals surface area contributed by atoms with Crippen molar-refractivity contribution in [1.82, 2.24) is 0 Å². The van der Waals surface area contributed by atoms with Crippen LogP contribution in [0.2, 0.25) is 0 Å². The molecule has 0 saturated heterocycles. The second kappa shape index (κ2) is 5.61. The zero-order valence-corrected chi connectivity index (χ0v) is 14.2. The van der Waals surface area contributed by atoms with Crippen LogP contribution in [-0.4, -0.2) is 0 Å². The lowest BCUT2D eigenvalue weighted by Crippen LogP contribution is -1.95. The maximum atomic E-state index is 2.36. The SMILES string of the molecule is Cc1ccc(Cc2cc(C)c3c(C)c(C)c(C)cc3c2)cc1. The Morgan fingerprint density at radius 2 is 1.32 bits per heavy atom. The van der Waals surface area contributed by atoms with Crippen LogP contribution in [0.25, 0.3) is 10.8 Å². The van der Waals surface area contributed by atoms with Gasteiger partial charge in [0.05, 0.1) is 0 Å². The highest BCUT2D eigenvalue weighted by Gasteiger charge is 2.08. The molecular formula is C22H24. The van der Waals surface area contributed by atoms with Crippen LogP contribution in [0.1, 0.15) is 38.9 Å². The fourth-order valence-corrected chi connectivity index (χ4v) is 3.39. The van der Waals surface area contributed by atoms with Crippen molar-refractivity contribution in [3.05, 3.63) is 81.4 Å². The lowest BCUT2D eigenvalue weighted by molar-refractivity contribution is 1.18. The van der Waals surface area contributed by atoms with Gasteiger partial charge in [-0.1, -0.05) is 48.0 Å². The Balaban J connectivity index is 2.09. The quantitative estimate of drug-likeness (QED) is 0.544. The molecule has 3 aromatic carbocycles. The van der Waals surface area contributed by atoms with Crippen LogP contribution >= 0.6 is 0 Å². The Labute approximate surface area is 133 Å². The van der Waals surface area contributed by atoms with E-state index < -0.39 is 0 Å². The van der Waals surface area contributed by atoms with Crippen LogP contribution in [0, 0.1) is 34.6 Å². The summed E-state index contributed by atoms with van der Waals surface area (Å²) in [5, 5.41) is 2.80. The van der Waals surface area contributed by atoms with E-state index >= 15 is 0 Å². The van der Waals surface area contributed by atoms with Gasteiger partial charge in [-0.25, -0.2) is 0 Å². The summed E-state index contributed by atoms with van der Waals surface area (Å²) in [6.45, 7) is 11.1. The summed E-state index contributed by atoms with van der Waals surface area (Å²) >= 11 is 0. The van der Waals surface area contributed by atoms with E-state index in [9.17, 15) is 0 Å². The highest BCUT2D eigenvalue weighted by molar-refractivity contribution is 5.91. The summed E-state index contributed by atoms with van der Waals surface area (Å²) in [5.74, 6) is 0. The van der Waals surface area contributed by atoms with Crippen LogP contribution in [0.15, 0.2) is 42.5 Å². The lowest BCUT2D eigenvalue weighted by Gasteiger charge is -2.14. The van der Waals surface area contributed by atoms with Gasteiger partial charge in [0, 0.05) is 0 Å². The normalized spacial score (nSPS) is 11.1. The molecule has 0 N–H and O–H groups in total. The third-order valence-corrected chi connectivity index (χ3v) is 4.86. The molecule has 0 aromatic heterocycles. The van der Waals surface area contributed by atoms with Gasteiger partial charge >= 0.3 is 0 Å². The minimum Gasteiger partial charge on any atom is -0.0590 e. The van der Waals surface area contributed by atoms with Gasteiger partial charge in [0.25, 0.3) is 0 Å². The van der Waals surface area contributed by atoms with Crippen LogP contribution in [0.5, 0.6) is 0 Å². The van der Waals surface area contributed by atoms with Crippen molar-refractivity contribution < 1.29 is 0 Å². The number of hydrogen-bond acceptors (Lipinski definition) is 0. The molecule has 0 heteroatoms. The van der Waals surface area contributed by atoms with Crippen molar-refractivity contribution in [3.63, 3.8) is 0 Å². The van der Waals surface area contributed by atoms with E-state index in [1.165, 1.54) is 49.7 Å². The van der Waals surface area contributed by atoms with E-state index in [1.807, 2.05) is 0 Å². The molecule has 0 unspecified atom stereocenters. The smallest absolute Gasteiger partial charge is 0.00254 e. The number of benzene rings is 3. The first kappa shape index (κ1) is 14.8. The van der Waals surface area contributed by atoms with E-state index in [0.29, 0.717) is 0 Å². The molecule has 0 amide bonds. The van der Waals surface area contributed by atoms with E-state index in [2.05, 4.69) is 77.1 Å². The highest BCUT2D eigenvalue weighted by atomic mass is 14.1. The molecule has 0 saturated carbocycles. The minimum absolute atomic E-state index is 1.00. The first-order valence-electron chi connectivity index (χ1n) is 8.01. The fraction of sp³-hybridized carbons (Fsp3) is 0.273. The van der Waals surface area contributed by atoms with Crippen LogP contribution in [0.4, 0.5) is 0 Å². The molecule has 0 aliphatic heterocycles. The lowest BCUT2D eigenvalue weighted by atomic mass is 9.91. The van der Waals surface area contributed by atoms with Crippen molar-refractivity contribution in [2.45, 2.75) is 41.0 Å². The Bertz CT molecular complexity index is 836. The molecule has 0 aliphatic rings. The zero-order chi connectivity index (χ0) is 15.9. The highest BCUT2D eigenvalue weighted by Crippen LogP contribution is 2.29. The molecule has 0 nitrogen and oxygen atoms in total. The standard InChI is InChI=1S/C22H24/c1-14-6-8-19(9-7-14)12-20-10-16(3)22-18(5)17(4)15(2)11-21(22)13-20/h6-11,13H,12H2,1-5H3. The first-order chi connectivity index (χ1) is 10.5. The molecule has 112 valence electrons. The van der Waals surface area contributed by atoms with E-state index in [0.717, 1.165) is 6.42 Å². The van der Waals surface area contributed by atoms with Gasteiger partial charge in [0.1, 0.15) is 0 Å². The average Bonchev–Trinajstić information content (AvgIpc) is 2.47. The predicted octanol–water partition coefficient (Wildman–Crippen LogP) is 5.97. The third-order valence-electron chi connectivity index (χ3n) is 4.86. The summed E-state index contributed by atoms with van der Waals surface area (Å²) in [6.07, 6.45) is 1.00. The topological polar surface area (TPSA) is 0 Å². The van der Waals surface area contributed by atoms with Gasteiger partial charge in [-0.05, 0) is 85.2 Å². The third kappa shape index (κ3) is 2.66. The molecule has 0 aliphatic carbocycles. The molecule has 3 rings (SSSR count). The number of hydrogen-bond donors (Lipinski definition) is 0. The monoisotopic (exact) mass is 288 g/mol. The van der Waals surface area contributed by atoms with E-state index in [4.69, 9.17) is 0 Å². The fourth-order valence-electron chi connectivity index (χ4n) is 3.39. The molecule has 0 heterocycles. The summed E-state index contributed by atoms with van der Waals surface area (Å²) < 4.78 is 0. The van der Waals surface area contributed by atoms with Crippen LogP contribution in [0.3, 0.4) is 0 Å². The van der Waals surface area contributed by atoms with Crippen LogP contribution in [-0.2, 0) is 6.42 Å². The molecule has 0 fully saturated rings. The van der Waals surface area contributed by atoms with Crippen molar-refractivity contribution in [2.75, 3.05) is 0 Å². The summed E-state index contributed by atoms with van der Waals surface area (Å²) in [4.78, 5) is 0. The summed E-state index contributed by atoms with van der Waals surface area (Å²) in [5.41, 5.74) is 9.72. The van der Waals surface area contributed by atoms with Gasteiger partial charge in [0.2, 0.25) is 0 Å². The predicted molar refractivity (Wildman–Crippen MR) is 96.9 cm³/mol. The maximum Gasteiger partial charge on any atom is -0.00254 e. The molecule has 0 atom stereocenters. The van der Waals surface area contributed by atoms with Crippen molar-refractivity contribution >= 4 is 10.8 Å². The first-order valence-corrected chi connectivity index (χ1v) is 8.01. The average molecular weight is 288 g/mol. The Morgan fingerprint density at radius 3 is 2.00 bits per heavy atom. The molecule has 3 aromatic rings. The summed E-state index contributed by atoms with van der Waals surface area (Å²) in [7, 11) is 0. The van der Waals surface area contributed by atoms with Gasteiger partial charge in [-0.3, -0.25) is 0 Å². The maximum absolute atomic E-state index is 2.36. The van der Waals surface area contributed by atoms with Crippen molar-refractivity contribution in [2.24, 2.45) is 0 Å². The second-order valence-electron chi connectivity index (χ2n) is 6.62. The number of aryl methyl sites for hydroxylation is 4. The van der Waals surface area contributed by atoms with Gasteiger partial charge in [0.15, 0.2) is 0 Å². The molecule has 0 radical (unpaired) electrons. The summed E-state index contributed by atoms with van der Waals surface area (Å²) in [6, 6.07) is 15.9. The van der Waals surface area contributed by atoms with E-state index in [1.54, 1.807) is 0 Å². The molecule has 0 spiro atoms. The van der Waals surface area contributed by atoms with Gasteiger partial charge < -0.3 is 0 Å². The van der Waals surface area contributed by atoms with Gasteiger partial charge in [-0.2, -0.15) is 0 Å². The number of fused-ring (bicyclic) bond motifs is 1. The molecule has 22 heavy (non-hydrogen) atoms. The zero-order valence-electron chi connectivity index (χ0n) is 14.2. The Kier molecular flexibility index (Phi) is 3.78.